The van der Waals surface area contributed by atoms with E-state index in [9.17, 15) is 4.79 Å². The van der Waals surface area contributed by atoms with E-state index in [1.165, 1.54) is 17.8 Å². The number of ether oxygens (including phenoxy) is 1. The molecule has 0 unspecified atom stereocenters. The van der Waals surface area contributed by atoms with Crippen molar-refractivity contribution < 1.29 is 9.53 Å². The van der Waals surface area contributed by atoms with Crippen LogP contribution in [0.2, 0.25) is 0 Å². The van der Waals surface area contributed by atoms with Crippen molar-refractivity contribution in [2.24, 2.45) is 0 Å². The van der Waals surface area contributed by atoms with E-state index >= 15 is 0 Å². The third kappa shape index (κ3) is 2.19. The molecular formula is C16H12N4O2. The fourth-order valence-electron chi connectivity index (χ4n) is 2.16. The van der Waals surface area contributed by atoms with E-state index in [1.54, 1.807) is 6.07 Å². The molecule has 2 aromatic heterocycles. The highest BCUT2D eigenvalue weighted by Crippen LogP contribution is 2.22. The molecular weight excluding hydrogens is 280 g/mol. The van der Waals surface area contributed by atoms with Crippen LogP contribution in [0.1, 0.15) is 21.6 Å². The molecule has 0 bridgehead atoms. The molecule has 0 saturated carbocycles. The second kappa shape index (κ2) is 5.30. The van der Waals surface area contributed by atoms with Crippen LogP contribution in [-0.4, -0.2) is 27.7 Å². The number of nitriles is 1. The molecule has 0 amide bonds. The Labute approximate surface area is 126 Å². The molecule has 0 aliphatic rings. The summed E-state index contributed by atoms with van der Waals surface area (Å²) in [7, 11) is 1.30. The van der Waals surface area contributed by atoms with E-state index in [-0.39, 0.29) is 5.69 Å². The van der Waals surface area contributed by atoms with E-state index in [1.807, 2.05) is 37.3 Å². The molecule has 0 N–H and O–H groups in total. The number of nitrogens with zero attached hydrogens (tertiary/aromatic N) is 4. The topological polar surface area (TPSA) is 80.3 Å². The first-order valence-electron chi connectivity index (χ1n) is 6.58. The molecule has 0 saturated heterocycles. The number of hydrogen-bond donors (Lipinski definition) is 0. The fraction of sp³-hybridized carbons (Fsp3) is 0.125. The number of benzene rings is 1. The van der Waals surface area contributed by atoms with Crippen molar-refractivity contribution in [3.8, 4) is 17.3 Å². The lowest BCUT2D eigenvalue weighted by atomic mass is 10.1. The Bertz CT molecular complexity index is 904. The number of aromatic nitrogens is 3. The molecule has 22 heavy (non-hydrogen) atoms. The maximum atomic E-state index is 12.0. The number of aryl methyl sites for hydroxylation is 1. The van der Waals surface area contributed by atoms with Gasteiger partial charge in [-0.1, -0.05) is 29.8 Å². The predicted molar refractivity (Wildman–Crippen MR) is 79.2 cm³/mol. The zero-order valence-electron chi connectivity index (χ0n) is 12.1. The molecule has 6 nitrogen and oxygen atoms in total. The number of methoxy groups -OCH3 is 1. The standard InChI is InChI=1S/C16H12N4O2/c1-10-3-5-11(6-4-10)13-7-14(16(21)22-2)20-15(19-13)12(8-17)9-18-20/h3-7,9H,1-2H3. The normalized spacial score (nSPS) is 10.4. The van der Waals surface area contributed by atoms with Gasteiger partial charge in [0.05, 0.1) is 19.0 Å². The Morgan fingerprint density at radius 3 is 2.68 bits per heavy atom. The van der Waals surface area contributed by atoms with Crippen LogP contribution < -0.4 is 0 Å². The Kier molecular flexibility index (Phi) is 3.31. The van der Waals surface area contributed by atoms with Gasteiger partial charge in [-0.3, -0.25) is 0 Å². The van der Waals surface area contributed by atoms with Gasteiger partial charge in [-0.25, -0.2) is 14.3 Å². The summed E-state index contributed by atoms with van der Waals surface area (Å²) in [5.74, 6) is -0.534. The summed E-state index contributed by atoms with van der Waals surface area (Å²) in [5.41, 5.74) is 3.43. The molecule has 0 atom stereocenters. The molecule has 0 fully saturated rings. The van der Waals surface area contributed by atoms with Crippen LogP contribution in [0.4, 0.5) is 0 Å². The minimum Gasteiger partial charge on any atom is -0.464 e. The first-order chi connectivity index (χ1) is 10.6. The smallest absolute Gasteiger partial charge is 0.356 e. The van der Waals surface area contributed by atoms with Crippen molar-refractivity contribution in [2.75, 3.05) is 7.11 Å². The van der Waals surface area contributed by atoms with Crippen LogP contribution >= 0.6 is 0 Å². The molecule has 0 spiro atoms. The number of rotatable bonds is 2. The molecule has 0 aliphatic heterocycles. The highest BCUT2D eigenvalue weighted by atomic mass is 16.5. The van der Waals surface area contributed by atoms with E-state index < -0.39 is 5.97 Å². The summed E-state index contributed by atoms with van der Waals surface area (Å²) in [6.07, 6.45) is 1.38. The number of carbonyl (C=O) groups is 1. The first kappa shape index (κ1) is 13.8. The molecule has 108 valence electrons. The van der Waals surface area contributed by atoms with Crippen molar-refractivity contribution in [3.63, 3.8) is 0 Å². The Balaban J connectivity index is 2.29. The Morgan fingerprint density at radius 2 is 2.05 bits per heavy atom. The molecule has 0 aliphatic carbocycles. The minimum absolute atomic E-state index is 0.226. The van der Waals surface area contributed by atoms with Crippen LogP contribution in [0, 0.1) is 18.3 Å². The summed E-state index contributed by atoms with van der Waals surface area (Å²) in [6, 6.07) is 11.4. The van der Waals surface area contributed by atoms with Gasteiger partial charge in [0.15, 0.2) is 11.3 Å². The molecule has 3 rings (SSSR count). The summed E-state index contributed by atoms with van der Waals surface area (Å²) >= 11 is 0. The van der Waals surface area contributed by atoms with Crippen molar-refractivity contribution in [3.05, 3.63) is 53.3 Å². The monoisotopic (exact) mass is 292 g/mol. The third-order valence-electron chi connectivity index (χ3n) is 3.33. The zero-order chi connectivity index (χ0) is 15.7. The van der Waals surface area contributed by atoms with Gasteiger partial charge in [0, 0.05) is 5.56 Å². The largest absolute Gasteiger partial charge is 0.464 e. The number of esters is 1. The van der Waals surface area contributed by atoms with Crippen LogP contribution in [0.15, 0.2) is 36.5 Å². The SMILES string of the molecule is COC(=O)c1cc(-c2ccc(C)cc2)nc2c(C#N)cnn12. The molecule has 6 heteroatoms. The highest BCUT2D eigenvalue weighted by molar-refractivity contribution is 5.90. The van der Waals surface area contributed by atoms with Crippen molar-refractivity contribution >= 4 is 11.6 Å². The van der Waals surface area contributed by atoms with Gasteiger partial charge in [-0.05, 0) is 13.0 Å². The van der Waals surface area contributed by atoms with Gasteiger partial charge in [0.25, 0.3) is 0 Å². The number of fused-ring (bicyclic) bond motifs is 1. The maximum Gasteiger partial charge on any atom is 0.356 e. The van der Waals surface area contributed by atoms with Gasteiger partial charge in [-0.15, -0.1) is 0 Å². The van der Waals surface area contributed by atoms with E-state index in [0.29, 0.717) is 16.9 Å². The van der Waals surface area contributed by atoms with Crippen LogP contribution in [0.3, 0.4) is 0 Å². The summed E-state index contributed by atoms with van der Waals surface area (Å²) < 4.78 is 6.11. The average Bonchev–Trinajstić information content (AvgIpc) is 2.97. The van der Waals surface area contributed by atoms with E-state index in [0.717, 1.165) is 11.1 Å². The van der Waals surface area contributed by atoms with Crippen molar-refractivity contribution in [2.45, 2.75) is 6.92 Å². The number of hydrogen-bond acceptors (Lipinski definition) is 5. The van der Waals surface area contributed by atoms with Crippen molar-refractivity contribution in [1.29, 1.82) is 5.26 Å². The van der Waals surface area contributed by atoms with Gasteiger partial charge in [0.1, 0.15) is 11.6 Å². The van der Waals surface area contributed by atoms with Crippen LogP contribution in [-0.2, 0) is 4.74 Å². The molecule has 3 aromatic rings. The highest BCUT2D eigenvalue weighted by Gasteiger charge is 2.17. The average molecular weight is 292 g/mol. The second-order valence-corrected chi connectivity index (χ2v) is 4.79. The minimum atomic E-state index is -0.534. The maximum absolute atomic E-state index is 12.0. The number of carbonyl (C=O) groups excluding carboxylic acids is 1. The van der Waals surface area contributed by atoms with E-state index in [4.69, 9.17) is 10.00 Å². The van der Waals surface area contributed by atoms with Gasteiger partial charge in [0.2, 0.25) is 0 Å². The summed E-state index contributed by atoms with van der Waals surface area (Å²) in [4.78, 5) is 16.4. The van der Waals surface area contributed by atoms with Gasteiger partial charge in [-0.2, -0.15) is 10.4 Å². The summed E-state index contributed by atoms with van der Waals surface area (Å²) in [6.45, 7) is 1.99. The second-order valence-electron chi connectivity index (χ2n) is 4.79. The summed E-state index contributed by atoms with van der Waals surface area (Å²) in [5, 5.41) is 13.2. The van der Waals surface area contributed by atoms with Crippen LogP contribution in [0.25, 0.3) is 16.9 Å². The molecule has 1 aromatic carbocycles. The van der Waals surface area contributed by atoms with E-state index in [2.05, 4.69) is 10.1 Å². The Morgan fingerprint density at radius 1 is 1.32 bits per heavy atom. The molecule has 2 heterocycles. The lowest BCUT2D eigenvalue weighted by molar-refractivity contribution is 0.0590. The lowest BCUT2D eigenvalue weighted by Crippen LogP contribution is -2.10. The third-order valence-corrected chi connectivity index (χ3v) is 3.33. The van der Waals surface area contributed by atoms with Crippen molar-refractivity contribution in [1.82, 2.24) is 14.6 Å². The molecule has 0 radical (unpaired) electrons. The van der Waals surface area contributed by atoms with Gasteiger partial charge < -0.3 is 4.74 Å². The van der Waals surface area contributed by atoms with Gasteiger partial charge >= 0.3 is 5.97 Å². The first-order valence-corrected chi connectivity index (χ1v) is 6.58. The Hall–Kier alpha value is -3.20. The quantitative estimate of drug-likeness (QED) is 0.677. The van der Waals surface area contributed by atoms with Crippen LogP contribution in [0.5, 0.6) is 0 Å². The zero-order valence-corrected chi connectivity index (χ0v) is 12.1. The lowest BCUT2D eigenvalue weighted by Gasteiger charge is -2.07. The predicted octanol–water partition coefficient (Wildman–Crippen LogP) is 2.36. The fourth-order valence-corrected chi connectivity index (χ4v) is 2.16.